The number of amides is 1. The van der Waals surface area contributed by atoms with Gasteiger partial charge in [-0.3, -0.25) is 13.9 Å². The number of imidazole rings is 1. The summed E-state index contributed by atoms with van der Waals surface area (Å²) in [5, 5.41) is 10.3. The van der Waals surface area contributed by atoms with E-state index in [9.17, 15) is 14.9 Å². The number of nitriles is 1. The summed E-state index contributed by atoms with van der Waals surface area (Å²) in [4.78, 5) is 46.2. The first-order valence-corrected chi connectivity index (χ1v) is 18.7. The van der Waals surface area contributed by atoms with Crippen LogP contribution in [0.5, 0.6) is 0 Å². The van der Waals surface area contributed by atoms with Crippen molar-refractivity contribution < 1.29 is 9.18 Å². The van der Waals surface area contributed by atoms with Crippen molar-refractivity contribution in [2.75, 3.05) is 26.2 Å². The number of rotatable bonds is 6. The summed E-state index contributed by atoms with van der Waals surface area (Å²) in [5.74, 6) is -0.609. The second-order valence-electron chi connectivity index (χ2n) is 15.6. The number of likely N-dealkylation sites (tertiary alicyclic amines) is 1. The van der Waals surface area contributed by atoms with E-state index in [-0.39, 0.29) is 40.4 Å². The molecule has 0 unspecified atom stereocenters. The third-order valence-electron chi connectivity index (χ3n) is 10.7. The number of fused-ring (bicyclic) bond motifs is 4. The van der Waals surface area contributed by atoms with Crippen molar-refractivity contribution in [2.45, 2.75) is 66.1 Å². The number of pyridine rings is 1. The molecular formula is C41H41ClFN9O2. The zero-order chi connectivity index (χ0) is 37.9. The highest BCUT2D eigenvalue weighted by Crippen LogP contribution is 2.33. The lowest BCUT2D eigenvalue weighted by Gasteiger charge is -2.36. The molecule has 0 N–H and O–H groups in total. The number of hydrogen-bond acceptors (Lipinski definition) is 7. The van der Waals surface area contributed by atoms with Gasteiger partial charge in [0.05, 0.1) is 36.1 Å². The maximum Gasteiger partial charge on any atom is 0.335 e. The highest BCUT2D eigenvalue weighted by atomic mass is 35.5. The molecule has 54 heavy (non-hydrogen) atoms. The zero-order valence-electron chi connectivity index (χ0n) is 30.8. The summed E-state index contributed by atoms with van der Waals surface area (Å²) in [6.07, 6.45) is 3.97. The number of carbonyl (C=O) groups is 1. The Hall–Kier alpha value is -5.38. The molecule has 6 aromatic rings. The zero-order valence-corrected chi connectivity index (χ0v) is 31.6. The average molecular weight is 746 g/mol. The highest BCUT2D eigenvalue weighted by Gasteiger charge is 2.31. The van der Waals surface area contributed by atoms with Gasteiger partial charge in [-0.2, -0.15) is 10.2 Å². The monoisotopic (exact) mass is 745 g/mol. The van der Waals surface area contributed by atoms with E-state index in [2.05, 4.69) is 40.6 Å². The van der Waals surface area contributed by atoms with Crippen LogP contribution in [0.4, 0.5) is 4.39 Å². The minimum Gasteiger partial charge on any atom is -0.332 e. The van der Waals surface area contributed by atoms with Crippen LogP contribution in [0.3, 0.4) is 0 Å². The van der Waals surface area contributed by atoms with E-state index in [1.807, 2.05) is 29.7 Å². The first-order valence-electron chi connectivity index (χ1n) is 18.3. The molecule has 1 fully saturated rings. The van der Waals surface area contributed by atoms with Gasteiger partial charge < -0.3 is 14.4 Å². The van der Waals surface area contributed by atoms with Crippen LogP contribution in [-0.2, 0) is 19.5 Å². The molecule has 2 aliphatic heterocycles. The number of piperidine rings is 1. The Morgan fingerprint density at radius 1 is 1.04 bits per heavy atom. The molecule has 0 bridgehead atoms. The Morgan fingerprint density at radius 2 is 1.80 bits per heavy atom. The molecule has 1 saturated heterocycles. The second-order valence-corrected chi connectivity index (χ2v) is 16.0. The Morgan fingerprint density at radius 3 is 2.50 bits per heavy atom. The summed E-state index contributed by atoms with van der Waals surface area (Å²) in [7, 11) is 0. The van der Waals surface area contributed by atoms with Crippen LogP contribution >= 0.6 is 11.6 Å². The van der Waals surface area contributed by atoms with Crippen LogP contribution in [0.15, 0.2) is 65.6 Å². The van der Waals surface area contributed by atoms with Gasteiger partial charge >= 0.3 is 5.69 Å². The van der Waals surface area contributed by atoms with Crippen molar-refractivity contribution in [3.8, 4) is 11.8 Å². The maximum absolute atomic E-state index is 15.1. The summed E-state index contributed by atoms with van der Waals surface area (Å²) in [5.41, 5.74) is 6.21. The van der Waals surface area contributed by atoms with Crippen LogP contribution in [0.2, 0.25) is 5.28 Å². The SMILES string of the molecule is Cc1nc(Cl)nc2c1n(-c1ccc(C(=O)N3CCc4c(n(Cc5ccc(C#N)cc5F)c5ncccc45)C3)cc1)c(=O)n2C1CCN(CC(C)(C)C)CC1. The number of aromatic nitrogens is 6. The molecular weight excluding hydrogens is 705 g/mol. The molecule has 11 nitrogen and oxygen atoms in total. The topological polar surface area (TPSA) is 118 Å². The Kier molecular flexibility index (Phi) is 9.10. The van der Waals surface area contributed by atoms with Gasteiger partial charge in [-0.1, -0.05) is 26.8 Å². The van der Waals surface area contributed by atoms with E-state index in [0.29, 0.717) is 53.2 Å². The van der Waals surface area contributed by atoms with E-state index in [0.717, 1.165) is 54.8 Å². The lowest BCUT2D eigenvalue weighted by Crippen LogP contribution is -2.41. The minimum atomic E-state index is -0.460. The van der Waals surface area contributed by atoms with Crippen molar-refractivity contribution in [3.63, 3.8) is 0 Å². The third-order valence-corrected chi connectivity index (χ3v) is 10.8. The fourth-order valence-corrected chi connectivity index (χ4v) is 8.48. The summed E-state index contributed by atoms with van der Waals surface area (Å²) >= 11 is 6.36. The molecule has 4 aromatic heterocycles. The standard InChI is InChI=1S/C41H41ClFN9O2/c1-25-35-37(47-39(42)46-25)52(30-13-17-48(18-14-30)24-41(2,3)4)40(54)51(35)29-11-9-27(10-12-29)38(53)49-19-15-31-32-6-5-16-45-36(32)50(34(31)23-49)22-28-8-7-26(21-44)20-33(28)43/h5-12,16,20,30H,13-15,17-19,22-24H2,1-4H3. The van der Waals surface area contributed by atoms with Crippen molar-refractivity contribution in [3.05, 3.63) is 116 Å². The molecule has 6 heterocycles. The van der Waals surface area contributed by atoms with Crippen LogP contribution in [0.25, 0.3) is 27.9 Å². The highest BCUT2D eigenvalue weighted by molar-refractivity contribution is 6.28. The molecule has 0 saturated carbocycles. The molecule has 13 heteroatoms. The number of hydrogen-bond donors (Lipinski definition) is 0. The molecule has 2 aromatic carbocycles. The van der Waals surface area contributed by atoms with Gasteiger partial charge in [-0.05, 0) is 97.3 Å². The molecule has 0 aliphatic carbocycles. The van der Waals surface area contributed by atoms with Crippen LogP contribution in [-0.4, -0.2) is 70.5 Å². The fraction of sp³-hybridized carbons (Fsp3) is 0.366. The first-order chi connectivity index (χ1) is 25.9. The number of carbonyl (C=O) groups excluding carboxylic acids is 1. The van der Waals surface area contributed by atoms with E-state index in [1.54, 1.807) is 56.6 Å². The molecule has 8 rings (SSSR count). The van der Waals surface area contributed by atoms with Crippen LogP contribution in [0, 0.1) is 29.5 Å². The van der Waals surface area contributed by atoms with Crippen LogP contribution in [0.1, 0.15) is 78.1 Å². The van der Waals surface area contributed by atoms with Crippen molar-refractivity contribution >= 4 is 39.7 Å². The molecule has 0 radical (unpaired) electrons. The quantitative estimate of drug-likeness (QED) is 0.172. The van der Waals surface area contributed by atoms with Gasteiger partial charge in [0.2, 0.25) is 5.28 Å². The summed E-state index contributed by atoms with van der Waals surface area (Å²) in [6, 6.07) is 17.4. The molecule has 2 aliphatic rings. The average Bonchev–Trinajstić information content (AvgIpc) is 3.62. The van der Waals surface area contributed by atoms with Gasteiger partial charge in [0.25, 0.3) is 5.91 Å². The van der Waals surface area contributed by atoms with E-state index < -0.39 is 5.82 Å². The van der Waals surface area contributed by atoms with E-state index in [4.69, 9.17) is 11.6 Å². The predicted molar refractivity (Wildman–Crippen MR) is 205 cm³/mol. The number of benzene rings is 2. The lowest BCUT2D eigenvalue weighted by atomic mass is 9.94. The normalized spacial score (nSPS) is 15.5. The third kappa shape index (κ3) is 6.45. The maximum atomic E-state index is 15.1. The van der Waals surface area contributed by atoms with Crippen LogP contribution < -0.4 is 5.69 Å². The molecule has 0 spiro atoms. The number of halogens is 2. The fourth-order valence-electron chi connectivity index (χ4n) is 8.27. The molecule has 276 valence electrons. The number of aryl methyl sites for hydroxylation is 1. The largest absolute Gasteiger partial charge is 0.335 e. The molecule has 1 amide bonds. The van der Waals surface area contributed by atoms with Gasteiger partial charge in [0, 0.05) is 60.6 Å². The van der Waals surface area contributed by atoms with Crippen molar-refractivity contribution in [2.24, 2.45) is 5.41 Å². The van der Waals surface area contributed by atoms with Gasteiger partial charge in [-0.25, -0.2) is 19.2 Å². The van der Waals surface area contributed by atoms with E-state index >= 15 is 4.39 Å². The Balaban J connectivity index is 1.08. The van der Waals surface area contributed by atoms with Gasteiger partial charge in [0.15, 0.2) is 5.65 Å². The van der Waals surface area contributed by atoms with Crippen molar-refractivity contribution in [1.29, 1.82) is 5.26 Å². The van der Waals surface area contributed by atoms with Gasteiger partial charge in [0.1, 0.15) is 17.0 Å². The lowest BCUT2D eigenvalue weighted by molar-refractivity contribution is 0.0730. The summed E-state index contributed by atoms with van der Waals surface area (Å²) in [6.45, 7) is 12.3. The number of nitrogens with zero attached hydrogens (tertiary/aromatic N) is 9. The Bertz CT molecular complexity index is 2530. The minimum absolute atomic E-state index is 0.0353. The van der Waals surface area contributed by atoms with E-state index in [1.165, 1.54) is 6.07 Å². The van der Waals surface area contributed by atoms with Gasteiger partial charge in [-0.15, -0.1) is 0 Å². The van der Waals surface area contributed by atoms with Crippen molar-refractivity contribution in [1.82, 2.24) is 38.5 Å². The second kappa shape index (κ2) is 13.8. The first kappa shape index (κ1) is 35.6. The predicted octanol–water partition coefficient (Wildman–Crippen LogP) is 6.83. The molecule has 0 atom stereocenters. The smallest absolute Gasteiger partial charge is 0.332 e. The summed E-state index contributed by atoms with van der Waals surface area (Å²) < 4.78 is 20.5. The Labute approximate surface area is 317 Å².